The van der Waals surface area contributed by atoms with E-state index in [9.17, 15) is 4.79 Å². The first-order valence-corrected chi connectivity index (χ1v) is 10.2. The first-order chi connectivity index (χ1) is 13.4. The van der Waals surface area contributed by atoms with Gasteiger partial charge >= 0.3 is 0 Å². The predicted molar refractivity (Wildman–Crippen MR) is 107 cm³/mol. The van der Waals surface area contributed by atoms with Crippen LogP contribution in [0.4, 0.5) is 0 Å². The van der Waals surface area contributed by atoms with Gasteiger partial charge in [0.15, 0.2) is 5.82 Å². The number of nitrogens with zero attached hydrogens (tertiary/aromatic N) is 3. The van der Waals surface area contributed by atoms with Crippen molar-refractivity contribution >= 4 is 5.91 Å². The maximum Gasteiger partial charge on any atom is 0.253 e. The van der Waals surface area contributed by atoms with Gasteiger partial charge in [0.1, 0.15) is 0 Å². The molecule has 0 spiro atoms. The van der Waals surface area contributed by atoms with Gasteiger partial charge in [0.05, 0.1) is 12.7 Å². The van der Waals surface area contributed by atoms with E-state index in [4.69, 9.17) is 9.26 Å². The summed E-state index contributed by atoms with van der Waals surface area (Å²) in [5, 5.41) is 4.01. The predicted octanol–water partition coefficient (Wildman–Crippen LogP) is 3.75. The van der Waals surface area contributed by atoms with Crippen LogP contribution in [-0.2, 0) is 17.6 Å². The molecule has 3 rings (SSSR count). The van der Waals surface area contributed by atoms with Gasteiger partial charge < -0.3 is 14.2 Å². The average Bonchev–Trinajstić information content (AvgIpc) is 3.10. The maximum absolute atomic E-state index is 12.7. The summed E-state index contributed by atoms with van der Waals surface area (Å²) in [5.74, 6) is 2.02. The zero-order chi connectivity index (χ0) is 20.1. The molecule has 28 heavy (non-hydrogen) atoms. The molecule has 1 saturated heterocycles. The Morgan fingerprint density at radius 2 is 2.00 bits per heavy atom. The maximum atomic E-state index is 12.7. The molecule has 152 valence electrons. The van der Waals surface area contributed by atoms with E-state index in [1.165, 1.54) is 5.56 Å². The third-order valence-electron chi connectivity index (χ3n) is 5.26. The van der Waals surface area contributed by atoms with Crippen molar-refractivity contribution in [3.05, 3.63) is 46.6 Å². The van der Waals surface area contributed by atoms with Crippen molar-refractivity contribution in [3.8, 4) is 0 Å². The van der Waals surface area contributed by atoms with Gasteiger partial charge in [-0.1, -0.05) is 25.1 Å². The van der Waals surface area contributed by atoms with Crippen LogP contribution in [0.2, 0.25) is 0 Å². The number of amides is 1. The van der Waals surface area contributed by atoms with Gasteiger partial charge in [-0.2, -0.15) is 4.98 Å². The highest BCUT2D eigenvalue weighted by molar-refractivity contribution is 5.94. The quantitative estimate of drug-likeness (QED) is 0.726. The van der Waals surface area contributed by atoms with Crippen LogP contribution in [0.25, 0.3) is 0 Å². The summed E-state index contributed by atoms with van der Waals surface area (Å²) in [6.07, 6.45) is 3.37. The minimum atomic E-state index is 0.117. The van der Waals surface area contributed by atoms with Crippen molar-refractivity contribution in [3.63, 3.8) is 0 Å². The van der Waals surface area contributed by atoms with E-state index in [0.717, 1.165) is 43.5 Å². The van der Waals surface area contributed by atoms with Crippen LogP contribution in [0.1, 0.15) is 59.9 Å². The first-order valence-electron chi connectivity index (χ1n) is 10.2. The fourth-order valence-corrected chi connectivity index (χ4v) is 3.42. The molecule has 0 radical (unpaired) electrons. The molecule has 1 amide bonds. The molecule has 1 aromatic heterocycles. The number of carbonyl (C=O) groups excluding carboxylic acids is 1. The highest BCUT2D eigenvalue weighted by Crippen LogP contribution is 2.18. The number of benzene rings is 1. The van der Waals surface area contributed by atoms with Crippen LogP contribution < -0.4 is 0 Å². The van der Waals surface area contributed by atoms with E-state index in [2.05, 4.69) is 30.9 Å². The minimum absolute atomic E-state index is 0.117. The molecule has 0 bridgehead atoms. The molecule has 0 aliphatic carbocycles. The second kappa shape index (κ2) is 9.32. The highest BCUT2D eigenvalue weighted by atomic mass is 16.5. The molecule has 1 aromatic carbocycles. The molecule has 0 saturated carbocycles. The fraction of sp³-hybridized carbons (Fsp3) is 0.591. The molecule has 2 aromatic rings. The summed E-state index contributed by atoms with van der Waals surface area (Å²) in [5.41, 5.74) is 3.14. The smallest absolute Gasteiger partial charge is 0.253 e. The van der Waals surface area contributed by atoms with E-state index in [1.807, 2.05) is 30.0 Å². The Morgan fingerprint density at radius 1 is 1.25 bits per heavy atom. The van der Waals surface area contributed by atoms with Crippen molar-refractivity contribution in [1.29, 1.82) is 0 Å². The number of hydrogen-bond donors (Lipinski definition) is 0. The van der Waals surface area contributed by atoms with Gasteiger partial charge in [-0.25, -0.2) is 0 Å². The standard InChI is InChI=1S/C22H31N3O3/c1-15(2)13-21-23-20(24-28-21)9-12-27-19-7-10-25(11-8-19)22(26)18-6-5-16(3)17(4)14-18/h5-6,14-15,19H,7-13H2,1-4H3. The zero-order valence-electron chi connectivity index (χ0n) is 17.4. The third kappa shape index (κ3) is 5.41. The molecule has 1 aliphatic heterocycles. The average molecular weight is 386 g/mol. The van der Waals surface area contributed by atoms with Crippen molar-refractivity contribution in [2.24, 2.45) is 5.92 Å². The number of ether oxygens (including phenoxy) is 1. The van der Waals surface area contributed by atoms with Crippen LogP contribution in [0.3, 0.4) is 0 Å². The van der Waals surface area contributed by atoms with Gasteiger partial charge in [0.25, 0.3) is 5.91 Å². The van der Waals surface area contributed by atoms with Crippen molar-refractivity contribution in [1.82, 2.24) is 15.0 Å². The molecule has 1 fully saturated rings. The lowest BCUT2D eigenvalue weighted by Gasteiger charge is -2.32. The largest absolute Gasteiger partial charge is 0.378 e. The van der Waals surface area contributed by atoms with E-state index in [-0.39, 0.29) is 12.0 Å². The number of aryl methyl sites for hydroxylation is 2. The van der Waals surface area contributed by atoms with E-state index >= 15 is 0 Å². The van der Waals surface area contributed by atoms with Crippen molar-refractivity contribution in [2.45, 2.75) is 59.5 Å². The lowest BCUT2D eigenvalue weighted by Crippen LogP contribution is -2.41. The number of aromatic nitrogens is 2. The van der Waals surface area contributed by atoms with Gasteiger partial charge in [0, 0.05) is 31.5 Å². The normalized spacial score (nSPS) is 15.4. The van der Waals surface area contributed by atoms with E-state index in [1.54, 1.807) is 0 Å². The van der Waals surface area contributed by atoms with Crippen LogP contribution >= 0.6 is 0 Å². The lowest BCUT2D eigenvalue weighted by atomic mass is 10.0. The summed E-state index contributed by atoms with van der Waals surface area (Å²) in [6, 6.07) is 5.92. The lowest BCUT2D eigenvalue weighted by molar-refractivity contribution is 0.00947. The molecule has 6 heteroatoms. The van der Waals surface area contributed by atoms with Crippen molar-refractivity contribution in [2.75, 3.05) is 19.7 Å². The minimum Gasteiger partial charge on any atom is -0.378 e. The van der Waals surface area contributed by atoms with E-state index < -0.39 is 0 Å². The van der Waals surface area contributed by atoms with Gasteiger partial charge in [-0.15, -0.1) is 0 Å². The Kier molecular flexibility index (Phi) is 6.83. The van der Waals surface area contributed by atoms with Gasteiger partial charge in [-0.05, 0) is 55.9 Å². The molecule has 0 unspecified atom stereocenters. The monoisotopic (exact) mass is 385 g/mol. The van der Waals surface area contributed by atoms with Crippen LogP contribution in [-0.4, -0.2) is 46.7 Å². The Bertz CT molecular complexity index is 792. The summed E-state index contributed by atoms with van der Waals surface area (Å²) < 4.78 is 11.2. The number of piperidine rings is 1. The van der Waals surface area contributed by atoms with Crippen LogP contribution in [0.15, 0.2) is 22.7 Å². The summed E-state index contributed by atoms with van der Waals surface area (Å²) in [4.78, 5) is 19.0. The highest BCUT2D eigenvalue weighted by Gasteiger charge is 2.24. The number of rotatable bonds is 7. The van der Waals surface area contributed by atoms with Crippen LogP contribution in [0.5, 0.6) is 0 Å². The molecule has 0 atom stereocenters. The summed E-state index contributed by atoms with van der Waals surface area (Å²) in [7, 11) is 0. The van der Waals surface area contributed by atoms with E-state index in [0.29, 0.717) is 30.7 Å². The number of hydrogen-bond acceptors (Lipinski definition) is 5. The number of likely N-dealkylation sites (tertiary alicyclic amines) is 1. The topological polar surface area (TPSA) is 68.5 Å². The zero-order valence-corrected chi connectivity index (χ0v) is 17.4. The second-order valence-electron chi connectivity index (χ2n) is 8.11. The second-order valence-corrected chi connectivity index (χ2v) is 8.11. The Labute approximate surface area is 167 Å². The molecule has 0 N–H and O–H groups in total. The fourth-order valence-electron chi connectivity index (χ4n) is 3.42. The van der Waals surface area contributed by atoms with Gasteiger partial charge in [-0.3, -0.25) is 4.79 Å². The SMILES string of the molecule is Cc1ccc(C(=O)N2CCC(OCCc3noc(CC(C)C)n3)CC2)cc1C. The molecular weight excluding hydrogens is 354 g/mol. The van der Waals surface area contributed by atoms with Gasteiger partial charge in [0.2, 0.25) is 5.89 Å². The molecule has 2 heterocycles. The molecule has 1 aliphatic rings. The summed E-state index contributed by atoms with van der Waals surface area (Å²) >= 11 is 0. The number of carbonyl (C=O) groups is 1. The van der Waals surface area contributed by atoms with Crippen LogP contribution in [0, 0.1) is 19.8 Å². The first kappa shape index (κ1) is 20.5. The third-order valence-corrected chi connectivity index (χ3v) is 5.26. The molecular formula is C22H31N3O3. The van der Waals surface area contributed by atoms with Crippen molar-refractivity contribution < 1.29 is 14.1 Å². The Hall–Kier alpha value is -2.21. The molecule has 6 nitrogen and oxygen atoms in total. The Balaban J connectivity index is 1.41. The Morgan fingerprint density at radius 3 is 2.68 bits per heavy atom. The summed E-state index contributed by atoms with van der Waals surface area (Å²) in [6.45, 7) is 10.4.